The molecule has 214 valence electrons. The number of carbonyl (C=O) groups excluding carboxylic acids is 1. The minimum atomic E-state index is -1.00. The third-order valence-electron chi connectivity index (χ3n) is 7.33. The van der Waals surface area contributed by atoms with Crippen LogP contribution in [0.25, 0.3) is 5.32 Å². The van der Waals surface area contributed by atoms with Gasteiger partial charge in [-0.3, -0.25) is 14.7 Å². The van der Waals surface area contributed by atoms with Crippen molar-refractivity contribution in [2.45, 2.75) is 38.6 Å². The molecule has 3 aromatic rings. The van der Waals surface area contributed by atoms with E-state index in [1.165, 1.54) is 12.1 Å². The molecule has 1 heterocycles. The predicted molar refractivity (Wildman–Crippen MR) is 153 cm³/mol. The van der Waals surface area contributed by atoms with Crippen molar-refractivity contribution in [3.63, 3.8) is 0 Å². The van der Waals surface area contributed by atoms with Crippen molar-refractivity contribution in [2.75, 3.05) is 19.6 Å². The fraction of sp³-hybridized carbons (Fsp3) is 0.323. The summed E-state index contributed by atoms with van der Waals surface area (Å²) in [7, 11) is 0. The van der Waals surface area contributed by atoms with E-state index < -0.39 is 17.4 Å². The van der Waals surface area contributed by atoms with Gasteiger partial charge in [-0.25, -0.2) is 4.39 Å². The molecular formula is C31H32ClFN3NiO3-. The van der Waals surface area contributed by atoms with E-state index in [2.05, 4.69) is 10.2 Å². The summed E-state index contributed by atoms with van der Waals surface area (Å²) in [5.74, 6) is -2.45. The van der Waals surface area contributed by atoms with E-state index in [1.807, 2.05) is 44.2 Å². The number of hydrogen-bond acceptors (Lipinski definition) is 4. The molecule has 6 nitrogen and oxygen atoms in total. The molecular weight excluding hydrogens is 576 g/mol. The molecule has 1 fully saturated rings. The van der Waals surface area contributed by atoms with Gasteiger partial charge in [0.1, 0.15) is 5.82 Å². The van der Waals surface area contributed by atoms with Crippen molar-refractivity contribution in [1.29, 1.82) is 0 Å². The number of rotatable bonds is 10. The molecule has 0 aliphatic carbocycles. The Morgan fingerprint density at radius 1 is 1.12 bits per heavy atom. The standard InChI is InChI=1S/C31H33ClFN3O3.Ni/c1-3-36-17-7-16-31(36,2)30(39)35-27-15-12-24(32)19-26(27)28(22-8-5-4-6-9-22)34-20-23(29(37)38)18-21-10-13-25(33)14-11-21;/h4-6,8-15,19,23H,3,7,16-18,20H2,1-2H3,(H2,34,35,37,38,39);/p-1/t23-,31+;/m0./s1. The number of carboxylic acid groups (broad SMARTS) is 1. The first-order valence-corrected chi connectivity index (χ1v) is 13.5. The Kier molecular flexibility index (Phi) is 11.0. The zero-order valence-electron chi connectivity index (χ0n) is 22.4. The summed E-state index contributed by atoms with van der Waals surface area (Å²) >= 11 is 6.40. The van der Waals surface area contributed by atoms with Crippen LogP contribution in [-0.4, -0.2) is 52.8 Å². The second-order valence-corrected chi connectivity index (χ2v) is 10.4. The zero-order chi connectivity index (χ0) is 28.0. The first kappa shape index (κ1) is 31.5. The molecule has 0 aromatic heterocycles. The number of benzene rings is 3. The monoisotopic (exact) mass is 606 g/mol. The molecule has 1 aliphatic rings. The van der Waals surface area contributed by atoms with Crippen LogP contribution in [0.2, 0.25) is 5.02 Å². The third kappa shape index (κ3) is 7.36. The largest absolute Gasteiger partial charge is 0.625 e. The number of carboxylic acids is 1. The first-order chi connectivity index (χ1) is 18.7. The summed E-state index contributed by atoms with van der Waals surface area (Å²) < 4.78 is 13.4. The van der Waals surface area contributed by atoms with Gasteiger partial charge in [0.05, 0.1) is 29.6 Å². The number of halogens is 2. The van der Waals surface area contributed by atoms with Crippen LogP contribution in [0.3, 0.4) is 0 Å². The van der Waals surface area contributed by atoms with E-state index >= 15 is 0 Å². The maximum atomic E-state index is 13.5. The van der Waals surface area contributed by atoms with E-state index in [0.717, 1.165) is 31.5 Å². The van der Waals surface area contributed by atoms with E-state index in [4.69, 9.17) is 16.6 Å². The molecule has 1 saturated heterocycles. The van der Waals surface area contributed by atoms with Gasteiger partial charge in [-0.1, -0.05) is 67.1 Å². The molecule has 0 spiro atoms. The Bertz CT molecular complexity index is 1350. The smallest absolute Gasteiger partial charge is 0.308 e. The van der Waals surface area contributed by atoms with Crippen molar-refractivity contribution >= 4 is 34.9 Å². The quantitative estimate of drug-likeness (QED) is 0.206. The average Bonchev–Trinajstić information content (AvgIpc) is 3.32. The van der Waals surface area contributed by atoms with Crippen LogP contribution in [0.5, 0.6) is 0 Å². The third-order valence-corrected chi connectivity index (χ3v) is 7.56. The van der Waals surface area contributed by atoms with Crippen molar-refractivity contribution in [2.24, 2.45) is 10.9 Å². The molecule has 40 heavy (non-hydrogen) atoms. The van der Waals surface area contributed by atoms with Crippen LogP contribution in [0.4, 0.5) is 10.1 Å². The number of hydrogen-bond donors (Lipinski definition) is 1. The number of amides is 1. The maximum Gasteiger partial charge on any atom is 0.308 e. The Labute approximate surface area is 249 Å². The predicted octanol–water partition coefficient (Wildman–Crippen LogP) is 6.66. The second kappa shape index (κ2) is 14.0. The van der Waals surface area contributed by atoms with Crippen LogP contribution in [0, 0.1) is 11.7 Å². The fourth-order valence-corrected chi connectivity index (χ4v) is 5.23. The maximum absolute atomic E-state index is 13.5. The Balaban J connectivity index is 0.00000441. The minimum Gasteiger partial charge on any atom is -0.625 e. The average molecular weight is 608 g/mol. The Morgan fingerprint density at radius 2 is 1.82 bits per heavy atom. The van der Waals surface area contributed by atoms with Crippen molar-refractivity contribution in [3.05, 3.63) is 106 Å². The van der Waals surface area contributed by atoms with Crippen molar-refractivity contribution < 1.29 is 35.6 Å². The Hall–Kier alpha value is -3.06. The molecule has 1 N–H and O–H groups in total. The van der Waals surface area contributed by atoms with Gasteiger partial charge in [0.25, 0.3) is 0 Å². The number of likely N-dealkylation sites (tertiary alicyclic amines) is 1. The number of aliphatic carboxylic acids is 1. The van der Waals surface area contributed by atoms with Crippen LogP contribution in [0.1, 0.15) is 43.4 Å². The zero-order valence-corrected chi connectivity index (χ0v) is 24.2. The number of likely N-dealkylation sites (N-methyl/N-ethyl adjacent to an activating group) is 1. The number of aliphatic imine (C=N–C) groups is 1. The van der Waals surface area contributed by atoms with Crippen LogP contribution >= 0.6 is 11.6 Å². The van der Waals surface area contributed by atoms with Crippen molar-refractivity contribution in [3.8, 4) is 0 Å². The van der Waals surface area contributed by atoms with Gasteiger partial charge in [0, 0.05) is 27.1 Å². The molecule has 2 atom stereocenters. The van der Waals surface area contributed by atoms with Gasteiger partial charge in [-0.2, -0.15) is 0 Å². The molecule has 9 heteroatoms. The first-order valence-electron chi connectivity index (χ1n) is 13.1. The topological polar surface area (TPSA) is 84.1 Å². The van der Waals surface area contributed by atoms with Crippen molar-refractivity contribution in [1.82, 2.24) is 4.90 Å². The summed E-state index contributed by atoms with van der Waals surface area (Å²) in [6.45, 7) is 5.55. The summed E-state index contributed by atoms with van der Waals surface area (Å²) in [6, 6.07) is 20.2. The van der Waals surface area contributed by atoms with Gasteiger partial charge in [-0.15, -0.1) is 5.69 Å². The molecule has 3 aromatic carbocycles. The van der Waals surface area contributed by atoms with Crippen LogP contribution < -0.4 is 0 Å². The van der Waals surface area contributed by atoms with Gasteiger partial charge in [-0.05, 0) is 74.7 Å². The molecule has 4 rings (SSSR count). The molecule has 1 aliphatic heterocycles. The summed E-state index contributed by atoms with van der Waals surface area (Å²) in [5, 5.41) is 14.9. The summed E-state index contributed by atoms with van der Waals surface area (Å²) in [5.41, 5.74) is 2.25. The van der Waals surface area contributed by atoms with E-state index in [0.29, 0.717) is 27.5 Å². The summed E-state index contributed by atoms with van der Waals surface area (Å²) in [4.78, 5) is 32.6. The van der Waals surface area contributed by atoms with Crippen LogP contribution in [-0.2, 0) is 32.5 Å². The van der Waals surface area contributed by atoms with Gasteiger partial charge < -0.3 is 15.2 Å². The molecule has 0 radical (unpaired) electrons. The van der Waals surface area contributed by atoms with E-state index in [1.54, 1.807) is 30.3 Å². The van der Waals surface area contributed by atoms with E-state index in [9.17, 15) is 19.1 Å². The Morgan fingerprint density at radius 3 is 2.48 bits per heavy atom. The second-order valence-electron chi connectivity index (χ2n) is 9.96. The SMILES string of the molecule is CCN1CCC[C@]1(C)C(=O)[N-]c1ccc(Cl)cc1C(=NC[C@H](Cc1ccc(F)cc1)C(=O)O)c1ccccc1.[Ni]. The van der Waals surface area contributed by atoms with Gasteiger partial charge >= 0.3 is 5.97 Å². The van der Waals surface area contributed by atoms with E-state index in [-0.39, 0.29) is 41.2 Å². The minimum absolute atomic E-state index is 0. The summed E-state index contributed by atoms with van der Waals surface area (Å²) in [6.07, 6.45) is 1.85. The van der Waals surface area contributed by atoms with Crippen LogP contribution in [0.15, 0.2) is 77.8 Å². The molecule has 1 amide bonds. The van der Waals surface area contributed by atoms with Gasteiger partial charge in [0.15, 0.2) is 0 Å². The molecule has 0 bridgehead atoms. The molecule has 0 unspecified atom stereocenters. The fourth-order valence-electron chi connectivity index (χ4n) is 5.06. The van der Waals surface area contributed by atoms with Gasteiger partial charge in [0.2, 0.25) is 0 Å². The number of carbonyl (C=O) groups is 2. The molecule has 0 saturated carbocycles. The number of nitrogens with zero attached hydrogens (tertiary/aromatic N) is 3. The normalized spacial score (nSPS) is 18.1.